The standard InChI is InChI=1S/C12H16FNO3/c1-8(2)7-17-12(16)9(3)14-6-10(13)4-5-11(14)15/h4-6,8-9H,7H2,1-3H3. The monoisotopic (exact) mass is 241 g/mol. The van der Waals surface area contributed by atoms with Crippen molar-refractivity contribution in [3.05, 3.63) is 34.5 Å². The van der Waals surface area contributed by atoms with Gasteiger partial charge in [-0.2, -0.15) is 0 Å². The summed E-state index contributed by atoms with van der Waals surface area (Å²) in [7, 11) is 0. The van der Waals surface area contributed by atoms with E-state index in [2.05, 4.69) is 0 Å². The Morgan fingerprint density at radius 3 is 2.65 bits per heavy atom. The van der Waals surface area contributed by atoms with E-state index >= 15 is 0 Å². The van der Waals surface area contributed by atoms with E-state index in [1.165, 1.54) is 6.92 Å². The van der Waals surface area contributed by atoms with E-state index in [4.69, 9.17) is 4.74 Å². The number of hydrogen-bond acceptors (Lipinski definition) is 3. The Morgan fingerprint density at radius 1 is 1.41 bits per heavy atom. The van der Waals surface area contributed by atoms with Gasteiger partial charge in [-0.15, -0.1) is 0 Å². The van der Waals surface area contributed by atoms with Crippen LogP contribution < -0.4 is 5.56 Å². The predicted octanol–water partition coefficient (Wildman–Crippen LogP) is 1.75. The summed E-state index contributed by atoms with van der Waals surface area (Å²) in [6, 6.07) is 1.32. The van der Waals surface area contributed by atoms with Crippen molar-refractivity contribution in [1.29, 1.82) is 0 Å². The minimum atomic E-state index is -0.822. The third-order valence-corrected chi connectivity index (χ3v) is 2.22. The van der Waals surface area contributed by atoms with E-state index in [1.807, 2.05) is 13.8 Å². The first-order valence-corrected chi connectivity index (χ1v) is 5.46. The van der Waals surface area contributed by atoms with Gasteiger partial charge in [0.1, 0.15) is 11.9 Å². The lowest BCUT2D eigenvalue weighted by Crippen LogP contribution is -2.29. The topological polar surface area (TPSA) is 48.3 Å². The van der Waals surface area contributed by atoms with Crippen molar-refractivity contribution in [2.24, 2.45) is 5.92 Å². The van der Waals surface area contributed by atoms with Gasteiger partial charge in [0.25, 0.3) is 5.56 Å². The fourth-order valence-electron chi connectivity index (χ4n) is 1.26. The second-order valence-electron chi connectivity index (χ2n) is 4.29. The molecule has 0 saturated carbocycles. The van der Waals surface area contributed by atoms with Crippen molar-refractivity contribution < 1.29 is 13.9 Å². The van der Waals surface area contributed by atoms with Gasteiger partial charge in [-0.05, 0) is 18.9 Å². The lowest BCUT2D eigenvalue weighted by molar-refractivity contribution is -0.148. The summed E-state index contributed by atoms with van der Waals surface area (Å²) >= 11 is 0. The second-order valence-corrected chi connectivity index (χ2v) is 4.29. The number of esters is 1. The smallest absolute Gasteiger partial charge is 0.328 e. The number of aromatic nitrogens is 1. The average molecular weight is 241 g/mol. The Bertz CT molecular complexity index is 453. The highest BCUT2D eigenvalue weighted by atomic mass is 19.1. The normalized spacial score (nSPS) is 12.5. The molecule has 1 aromatic rings. The number of carbonyl (C=O) groups is 1. The van der Waals surface area contributed by atoms with Gasteiger partial charge in [0.15, 0.2) is 0 Å². The van der Waals surface area contributed by atoms with E-state index < -0.39 is 23.4 Å². The minimum Gasteiger partial charge on any atom is -0.464 e. The van der Waals surface area contributed by atoms with Crippen molar-refractivity contribution in [2.75, 3.05) is 6.61 Å². The molecule has 0 radical (unpaired) electrons. The maximum absolute atomic E-state index is 13.0. The van der Waals surface area contributed by atoms with Gasteiger partial charge in [0.2, 0.25) is 0 Å². The van der Waals surface area contributed by atoms with E-state index in [9.17, 15) is 14.0 Å². The number of carbonyl (C=O) groups excluding carboxylic acids is 1. The molecule has 0 bridgehead atoms. The number of pyridine rings is 1. The first kappa shape index (κ1) is 13.4. The number of rotatable bonds is 4. The predicted molar refractivity (Wildman–Crippen MR) is 61.2 cm³/mol. The Hall–Kier alpha value is -1.65. The summed E-state index contributed by atoms with van der Waals surface area (Å²) in [5.74, 6) is -0.880. The summed E-state index contributed by atoms with van der Waals surface area (Å²) in [6.07, 6.45) is 1.00. The zero-order valence-corrected chi connectivity index (χ0v) is 10.1. The summed E-state index contributed by atoms with van der Waals surface area (Å²) < 4.78 is 19.0. The van der Waals surface area contributed by atoms with Crippen LogP contribution in [0.1, 0.15) is 26.8 Å². The van der Waals surface area contributed by atoms with E-state index in [0.717, 1.165) is 22.9 Å². The first-order chi connectivity index (χ1) is 7.91. The van der Waals surface area contributed by atoms with Crippen LogP contribution in [0.15, 0.2) is 23.1 Å². The molecule has 0 aliphatic carbocycles. The molecule has 4 nitrogen and oxygen atoms in total. The van der Waals surface area contributed by atoms with Gasteiger partial charge in [-0.1, -0.05) is 13.8 Å². The Kier molecular flexibility index (Phi) is 4.43. The Balaban J connectivity index is 2.81. The molecule has 0 aliphatic heterocycles. The molecule has 1 heterocycles. The SMILES string of the molecule is CC(C)COC(=O)C(C)n1cc(F)ccc1=O. The number of nitrogens with zero attached hydrogens (tertiary/aromatic N) is 1. The molecule has 0 aromatic carbocycles. The second kappa shape index (κ2) is 5.61. The molecular weight excluding hydrogens is 225 g/mol. The zero-order chi connectivity index (χ0) is 13.0. The molecule has 0 aliphatic rings. The van der Waals surface area contributed by atoms with Crippen LogP contribution in [-0.2, 0) is 9.53 Å². The molecule has 1 aromatic heterocycles. The molecule has 1 atom stereocenters. The highest BCUT2D eigenvalue weighted by Gasteiger charge is 2.18. The summed E-state index contributed by atoms with van der Waals surface area (Å²) in [4.78, 5) is 23.1. The van der Waals surface area contributed by atoms with Crippen molar-refractivity contribution in [3.8, 4) is 0 Å². The molecule has 0 saturated heterocycles. The van der Waals surface area contributed by atoms with Crippen molar-refractivity contribution in [3.63, 3.8) is 0 Å². The van der Waals surface area contributed by atoms with Gasteiger partial charge in [0, 0.05) is 12.3 Å². The van der Waals surface area contributed by atoms with Crippen LogP contribution in [-0.4, -0.2) is 17.1 Å². The molecule has 1 rings (SSSR count). The molecule has 94 valence electrons. The summed E-state index contributed by atoms with van der Waals surface area (Å²) in [6.45, 7) is 5.61. The minimum absolute atomic E-state index is 0.218. The lowest BCUT2D eigenvalue weighted by atomic mass is 10.2. The van der Waals surface area contributed by atoms with Gasteiger partial charge < -0.3 is 4.74 Å². The third-order valence-electron chi connectivity index (χ3n) is 2.22. The summed E-state index contributed by atoms with van der Waals surface area (Å²) in [5.41, 5.74) is -0.430. The molecular formula is C12H16FNO3. The third kappa shape index (κ3) is 3.69. The highest BCUT2D eigenvalue weighted by Crippen LogP contribution is 2.07. The van der Waals surface area contributed by atoms with Crippen LogP contribution >= 0.6 is 0 Å². The Labute approximate surface area is 99.0 Å². The van der Waals surface area contributed by atoms with E-state index in [-0.39, 0.29) is 12.5 Å². The molecule has 17 heavy (non-hydrogen) atoms. The van der Waals surface area contributed by atoms with Crippen molar-refractivity contribution in [1.82, 2.24) is 4.57 Å². The zero-order valence-electron chi connectivity index (χ0n) is 10.1. The first-order valence-electron chi connectivity index (χ1n) is 5.46. The fourth-order valence-corrected chi connectivity index (χ4v) is 1.26. The van der Waals surface area contributed by atoms with Crippen LogP contribution in [0.25, 0.3) is 0 Å². The molecule has 0 fully saturated rings. The largest absolute Gasteiger partial charge is 0.464 e. The van der Waals surface area contributed by atoms with Gasteiger partial charge in [-0.3, -0.25) is 9.36 Å². The molecule has 0 spiro atoms. The highest BCUT2D eigenvalue weighted by molar-refractivity contribution is 5.73. The fraction of sp³-hybridized carbons (Fsp3) is 0.500. The number of ether oxygens (including phenoxy) is 1. The van der Waals surface area contributed by atoms with Crippen LogP contribution in [0.4, 0.5) is 4.39 Å². The van der Waals surface area contributed by atoms with Crippen LogP contribution in [0.3, 0.4) is 0 Å². The van der Waals surface area contributed by atoms with Crippen LogP contribution in [0, 0.1) is 11.7 Å². The number of hydrogen-bond donors (Lipinski definition) is 0. The van der Waals surface area contributed by atoms with Gasteiger partial charge in [-0.25, -0.2) is 9.18 Å². The molecule has 0 N–H and O–H groups in total. The van der Waals surface area contributed by atoms with Crippen molar-refractivity contribution >= 4 is 5.97 Å². The van der Waals surface area contributed by atoms with Crippen LogP contribution in [0.2, 0.25) is 0 Å². The van der Waals surface area contributed by atoms with Gasteiger partial charge in [0.05, 0.1) is 6.61 Å². The maximum Gasteiger partial charge on any atom is 0.328 e. The van der Waals surface area contributed by atoms with Gasteiger partial charge >= 0.3 is 5.97 Å². The Morgan fingerprint density at radius 2 is 2.06 bits per heavy atom. The molecule has 1 unspecified atom stereocenters. The maximum atomic E-state index is 13.0. The average Bonchev–Trinajstić information content (AvgIpc) is 2.28. The quantitative estimate of drug-likeness (QED) is 0.754. The number of halogens is 1. The van der Waals surface area contributed by atoms with E-state index in [0.29, 0.717) is 0 Å². The van der Waals surface area contributed by atoms with Crippen molar-refractivity contribution in [2.45, 2.75) is 26.8 Å². The van der Waals surface area contributed by atoms with E-state index in [1.54, 1.807) is 0 Å². The lowest BCUT2D eigenvalue weighted by Gasteiger charge is -2.15. The molecule has 0 amide bonds. The summed E-state index contributed by atoms with van der Waals surface area (Å²) in [5, 5.41) is 0. The van der Waals surface area contributed by atoms with Crippen LogP contribution in [0.5, 0.6) is 0 Å². The molecule has 5 heteroatoms.